The van der Waals surface area contributed by atoms with Gasteiger partial charge in [-0.2, -0.15) is 0 Å². The molecule has 0 radical (unpaired) electrons. The van der Waals surface area contributed by atoms with Crippen LogP contribution in [0.15, 0.2) is 11.1 Å². The highest BCUT2D eigenvalue weighted by molar-refractivity contribution is 14.1. The van der Waals surface area contributed by atoms with Crippen molar-refractivity contribution in [2.24, 2.45) is 0 Å². The Bertz CT molecular complexity index is 415. The summed E-state index contributed by atoms with van der Waals surface area (Å²) in [6, 6.07) is 0. The highest BCUT2D eigenvalue weighted by Gasteiger charge is 2.19. The molecule has 16 heavy (non-hydrogen) atoms. The van der Waals surface area contributed by atoms with E-state index in [2.05, 4.69) is 9.97 Å². The number of H-pyrrole nitrogens is 1. The molecule has 1 atom stereocenters. The molecule has 0 aliphatic carbocycles. The minimum absolute atomic E-state index is 0.0928. The molecule has 5 nitrogen and oxygen atoms in total. The van der Waals surface area contributed by atoms with Gasteiger partial charge in [0.05, 0.1) is 12.4 Å². The molecule has 1 aliphatic rings. The van der Waals surface area contributed by atoms with Gasteiger partial charge in [-0.25, -0.2) is 4.98 Å². The third-order valence-corrected chi connectivity index (χ3v) is 3.61. The van der Waals surface area contributed by atoms with Gasteiger partial charge in [0.25, 0.3) is 5.56 Å². The number of anilines is 1. The Morgan fingerprint density at radius 1 is 1.75 bits per heavy atom. The Balaban J connectivity index is 2.10. The Morgan fingerprint density at radius 3 is 3.25 bits per heavy atom. The molecule has 0 saturated carbocycles. The molecular weight excluding hydrogens is 321 g/mol. The van der Waals surface area contributed by atoms with Crippen LogP contribution >= 0.6 is 22.6 Å². The van der Waals surface area contributed by atoms with Crippen LogP contribution in [-0.2, 0) is 4.74 Å². The lowest BCUT2D eigenvalue weighted by molar-refractivity contribution is 0.116. The standard InChI is InChI=1S/C10H14IN3O2/c1-14(5-7-3-2-4-16-7)9-8(11)10(15)13-6-12-9/h6-7H,2-5H2,1H3,(H,12,13,15). The Hall–Kier alpha value is -0.630. The fourth-order valence-corrected chi connectivity index (χ4v) is 2.53. The lowest BCUT2D eigenvalue weighted by atomic mass is 10.2. The van der Waals surface area contributed by atoms with Gasteiger partial charge in [-0.15, -0.1) is 0 Å². The summed E-state index contributed by atoms with van der Waals surface area (Å²) in [6.07, 6.45) is 3.91. The van der Waals surface area contributed by atoms with E-state index in [0.29, 0.717) is 3.57 Å². The first kappa shape index (κ1) is 11.8. The van der Waals surface area contributed by atoms with Gasteiger partial charge in [-0.05, 0) is 35.4 Å². The molecule has 1 fully saturated rings. The molecule has 0 aromatic carbocycles. The number of aromatic amines is 1. The van der Waals surface area contributed by atoms with Crippen molar-refractivity contribution in [2.45, 2.75) is 18.9 Å². The summed E-state index contributed by atoms with van der Waals surface area (Å²) in [5.74, 6) is 0.722. The normalized spacial score (nSPS) is 20.0. The number of nitrogens with one attached hydrogen (secondary N) is 1. The number of halogens is 1. The fourth-order valence-electron chi connectivity index (χ4n) is 1.82. The molecule has 0 bridgehead atoms. The van der Waals surface area contributed by atoms with Crippen molar-refractivity contribution >= 4 is 28.4 Å². The van der Waals surface area contributed by atoms with E-state index in [1.807, 2.05) is 34.5 Å². The zero-order chi connectivity index (χ0) is 11.5. The summed E-state index contributed by atoms with van der Waals surface area (Å²) in [4.78, 5) is 20.1. The summed E-state index contributed by atoms with van der Waals surface area (Å²) in [5.41, 5.74) is -0.0928. The lowest BCUT2D eigenvalue weighted by Crippen LogP contribution is -2.31. The third-order valence-electron chi connectivity index (χ3n) is 2.64. The number of rotatable bonds is 3. The Labute approximate surface area is 107 Å². The molecule has 1 aromatic heterocycles. The number of likely N-dealkylation sites (N-methyl/N-ethyl adjacent to an activating group) is 1. The monoisotopic (exact) mass is 335 g/mol. The molecule has 2 rings (SSSR count). The van der Waals surface area contributed by atoms with Crippen LogP contribution in [0.4, 0.5) is 5.82 Å². The second-order valence-corrected chi connectivity index (χ2v) is 4.96. The molecule has 0 amide bonds. The minimum atomic E-state index is -0.0928. The van der Waals surface area contributed by atoms with E-state index in [1.165, 1.54) is 6.33 Å². The molecule has 6 heteroatoms. The SMILES string of the molecule is CN(CC1CCCO1)c1nc[nH]c(=O)c1I. The van der Waals surface area contributed by atoms with E-state index in [9.17, 15) is 4.79 Å². The van der Waals surface area contributed by atoms with Crippen LogP contribution in [0.2, 0.25) is 0 Å². The quantitative estimate of drug-likeness (QED) is 0.837. The first-order valence-electron chi connectivity index (χ1n) is 5.24. The fraction of sp³-hybridized carbons (Fsp3) is 0.600. The van der Waals surface area contributed by atoms with Gasteiger partial charge in [-0.3, -0.25) is 4.79 Å². The van der Waals surface area contributed by atoms with Crippen LogP contribution in [-0.4, -0.2) is 36.3 Å². The van der Waals surface area contributed by atoms with Crippen LogP contribution in [0.25, 0.3) is 0 Å². The number of ether oxygens (including phenoxy) is 1. The largest absolute Gasteiger partial charge is 0.376 e. The predicted molar refractivity (Wildman–Crippen MR) is 69.8 cm³/mol. The molecule has 1 saturated heterocycles. The molecule has 88 valence electrons. The smallest absolute Gasteiger partial charge is 0.266 e. The highest BCUT2D eigenvalue weighted by Crippen LogP contribution is 2.18. The topological polar surface area (TPSA) is 58.2 Å². The van der Waals surface area contributed by atoms with Crippen LogP contribution in [0, 0.1) is 3.57 Å². The van der Waals surface area contributed by atoms with Crippen molar-refractivity contribution in [1.82, 2.24) is 9.97 Å². The number of hydrogen-bond donors (Lipinski definition) is 1. The minimum Gasteiger partial charge on any atom is -0.376 e. The van der Waals surface area contributed by atoms with Gasteiger partial charge in [-0.1, -0.05) is 0 Å². The van der Waals surface area contributed by atoms with Gasteiger partial charge < -0.3 is 14.6 Å². The van der Waals surface area contributed by atoms with Crippen molar-refractivity contribution in [3.8, 4) is 0 Å². The van der Waals surface area contributed by atoms with Crippen LogP contribution < -0.4 is 10.5 Å². The first-order chi connectivity index (χ1) is 7.68. The molecule has 1 unspecified atom stereocenters. The molecule has 1 N–H and O–H groups in total. The van der Waals surface area contributed by atoms with Gasteiger partial charge in [0, 0.05) is 20.2 Å². The van der Waals surface area contributed by atoms with Gasteiger partial charge in [0.2, 0.25) is 0 Å². The molecule has 1 aromatic rings. The lowest BCUT2D eigenvalue weighted by Gasteiger charge is -2.22. The van der Waals surface area contributed by atoms with Crippen LogP contribution in [0.5, 0.6) is 0 Å². The zero-order valence-corrected chi connectivity index (χ0v) is 11.2. The van der Waals surface area contributed by atoms with Crippen molar-refractivity contribution in [3.05, 3.63) is 20.3 Å². The summed E-state index contributed by atoms with van der Waals surface area (Å²) in [6.45, 7) is 1.63. The van der Waals surface area contributed by atoms with Gasteiger partial charge in [0.1, 0.15) is 9.39 Å². The summed E-state index contributed by atoms with van der Waals surface area (Å²) in [5, 5.41) is 0. The van der Waals surface area contributed by atoms with Crippen molar-refractivity contribution in [2.75, 3.05) is 25.1 Å². The number of hydrogen-bond acceptors (Lipinski definition) is 4. The van der Waals surface area contributed by atoms with Gasteiger partial charge in [0.15, 0.2) is 0 Å². The third kappa shape index (κ3) is 2.54. The Morgan fingerprint density at radius 2 is 2.56 bits per heavy atom. The number of nitrogens with zero attached hydrogens (tertiary/aromatic N) is 2. The van der Waals surface area contributed by atoms with Crippen LogP contribution in [0.3, 0.4) is 0 Å². The summed E-state index contributed by atoms with van der Waals surface area (Å²) in [7, 11) is 1.94. The maximum atomic E-state index is 11.4. The van der Waals surface area contributed by atoms with E-state index in [4.69, 9.17) is 4.74 Å². The van der Waals surface area contributed by atoms with Crippen molar-refractivity contribution in [3.63, 3.8) is 0 Å². The van der Waals surface area contributed by atoms with E-state index >= 15 is 0 Å². The van der Waals surface area contributed by atoms with Gasteiger partial charge >= 0.3 is 0 Å². The molecule has 1 aliphatic heterocycles. The summed E-state index contributed by atoms with van der Waals surface area (Å²) >= 11 is 2.02. The molecule has 2 heterocycles. The first-order valence-corrected chi connectivity index (χ1v) is 6.32. The van der Waals surface area contributed by atoms with E-state index in [-0.39, 0.29) is 11.7 Å². The van der Waals surface area contributed by atoms with Crippen molar-refractivity contribution in [1.29, 1.82) is 0 Å². The maximum Gasteiger partial charge on any atom is 0.266 e. The predicted octanol–water partition coefficient (Wildman–Crippen LogP) is 0.990. The van der Waals surface area contributed by atoms with E-state index in [0.717, 1.165) is 31.8 Å². The summed E-state index contributed by atoms with van der Waals surface area (Å²) < 4.78 is 6.18. The van der Waals surface area contributed by atoms with Crippen LogP contribution in [0.1, 0.15) is 12.8 Å². The highest BCUT2D eigenvalue weighted by atomic mass is 127. The second kappa shape index (κ2) is 5.13. The maximum absolute atomic E-state index is 11.4. The second-order valence-electron chi connectivity index (χ2n) is 3.88. The molecular formula is C10H14IN3O2. The average molecular weight is 335 g/mol. The Kier molecular flexibility index (Phi) is 3.80. The van der Waals surface area contributed by atoms with Crippen molar-refractivity contribution < 1.29 is 4.74 Å². The number of aromatic nitrogens is 2. The zero-order valence-electron chi connectivity index (χ0n) is 9.07. The molecule has 0 spiro atoms. The van der Waals surface area contributed by atoms with E-state index in [1.54, 1.807) is 0 Å². The van der Waals surface area contributed by atoms with E-state index < -0.39 is 0 Å². The average Bonchev–Trinajstić information content (AvgIpc) is 2.74.